The monoisotopic (exact) mass is 301 g/mol. The van der Waals surface area contributed by atoms with Crippen molar-refractivity contribution in [2.45, 2.75) is 38.4 Å². The lowest BCUT2D eigenvalue weighted by molar-refractivity contribution is 0.133. The summed E-state index contributed by atoms with van der Waals surface area (Å²) in [5.41, 5.74) is 0.952. The van der Waals surface area contributed by atoms with Gasteiger partial charge in [-0.3, -0.25) is 0 Å². The number of hydrogen-bond donors (Lipinski definition) is 2. The highest BCUT2D eigenvalue weighted by atomic mass is 32.2. The molecule has 1 atom stereocenters. The molecule has 0 spiro atoms. The van der Waals surface area contributed by atoms with E-state index in [0.717, 1.165) is 12.1 Å². The van der Waals surface area contributed by atoms with Gasteiger partial charge in [0.15, 0.2) is 5.03 Å². The summed E-state index contributed by atoms with van der Waals surface area (Å²) in [7, 11) is -3.59. The SMILES string of the molecule is CCNCc1ccc(S(=O)(=O)NC(C)COCC)nc1. The fraction of sp³-hybridized carbons (Fsp3) is 0.615. The van der Waals surface area contributed by atoms with Crippen LogP contribution in [0.1, 0.15) is 26.3 Å². The summed E-state index contributed by atoms with van der Waals surface area (Å²) in [5.74, 6) is 0. The molecule has 1 rings (SSSR count). The first kappa shape index (κ1) is 17.0. The molecule has 1 aromatic heterocycles. The molecule has 1 heterocycles. The van der Waals surface area contributed by atoms with Gasteiger partial charge >= 0.3 is 0 Å². The molecule has 0 saturated carbocycles. The summed E-state index contributed by atoms with van der Waals surface area (Å²) < 4.78 is 31.9. The number of ether oxygens (including phenoxy) is 1. The fourth-order valence-corrected chi connectivity index (χ4v) is 2.75. The van der Waals surface area contributed by atoms with E-state index in [9.17, 15) is 8.42 Å². The van der Waals surface area contributed by atoms with E-state index in [1.54, 1.807) is 19.2 Å². The van der Waals surface area contributed by atoms with E-state index in [4.69, 9.17) is 4.74 Å². The predicted octanol–water partition coefficient (Wildman–Crippen LogP) is 0.894. The van der Waals surface area contributed by atoms with Crippen LogP contribution in [-0.4, -0.2) is 39.2 Å². The van der Waals surface area contributed by atoms with E-state index in [1.165, 1.54) is 6.07 Å². The van der Waals surface area contributed by atoms with Crippen molar-refractivity contribution in [1.82, 2.24) is 15.0 Å². The summed E-state index contributed by atoms with van der Waals surface area (Å²) in [5, 5.41) is 3.19. The van der Waals surface area contributed by atoms with Crippen LogP contribution in [0.4, 0.5) is 0 Å². The Morgan fingerprint density at radius 2 is 2.10 bits per heavy atom. The lowest BCUT2D eigenvalue weighted by atomic mass is 10.3. The van der Waals surface area contributed by atoms with Gasteiger partial charge in [0.25, 0.3) is 10.0 Å². The molecule has 0 aromatic carbocycles. The molecule has 2 N–H and O–H groups in total. The Morgan fingerprint density at radius 3 is 2.65 bits per heavy atom. The molecule has 0 aliphatic carbocycles. The smallest absolute Gasteiger partial charge is 0.258 e. The number of hydrogen-bond acceptors (Lipinski definition) is 5. The van der Waals surface area contributed by atoms with Gasteiger partial charge in [0.2, 0.25) is 0 Å². The second-order valence-electron chi connectivity index (χ2n) is 4.47. The lowest BCUT2D eigenvalue weighted by Crippen LogP contribution is -2.36. The third-order valence-electron chi connectivity index (χ3n) is 2.58. The average molecular weight is 301 g/mol. The summed E-state index contributed by atoms with van der Waals surface area (Å²) >= 11 is 0. The molecular formula is C13H23N3O3S. The summed E-state index contributed by atoms with van der Waals surface area (Å²) in [4.78, 5) is 4.01. The van der Waals surface area contributed by atoms with Crippen molar-refractivity contribution in [3.8, 4) is 0 Å². The molecule has 0 amide bonds. The molecule has 6 nitrogen and oxygen atoms in total. The summed E-state index contributed by atoms with van der Waals surface area (Å²) in [6.07, 6.45) is 1.57. The molecule has 0 saturated heterocycles. The first-order valence-corrected chi connectivity index (χ1v) is 8.23. The van der Waals surface area contributed by atoms with Gasteiger partial charge in [0.05, 0.1) is 6.61 Å². The van der Waals surface area contributed by atoms with Crippen LogP contribution < -0.4 is 10.0 Å². The fourth-order valence-electron chi connectivity index (χ4n) is 1.60. The van der Waals surface area contributed by atoms with E-state index >= 15 is 0 Å². The molecule has 0 radical (unpaired) electrons. The van der Waals surface area contributed by atoms with Crippen molar-refractivity contribution in [1.29, 1.82) is 0 Å². The highest BCUT2D eigenvalue weighted by Crippen LogP contribution is 2.07. The van der Waals surface area contributed by atoms with Crippen LogP contribution in [0.3, 0.4) is 0 Å². The van der Waals surface area contributed by atoms with Crippen LogP contribution in [0.5, 0.6) is 0 Å². The topological polar surface area (TPSA) is 80.3 Å². The lowest BCUT2D eigenvalue weighted by Gasteiger charge is -2.13. The minimum absolute atomic E-state index is 0.0288. The van der Waals surface area contributed by atoms with Crippen LogP contribution in [0.25, 0.3) is 0 Å². The molecule has 7 heteroatoms. The highest BCUT2D eigenvalue weighted by Gasteiger charge is 2.18. The van der Waals surface area contributed by atoms with Gasteiger partial charge < -0.3 is 10.1 Å². The van der Waals surface area contributed by atoms with Crippen molar-refractivity contribution in [2.75, 3.05) is 19.8 Å². The van der Waals surface area contributed by atoms with Crippen LogP contribution in [0, 0.1) is 0 Å². The maximum Gasteiger partial charge on any atom is 0.258 e. The van der Waals surface area contributed by atoms with E-state index in [1.807, 2.05) is 13.8 Å². The van der Waals surface area contributed by atoms with Gasteiger partial charge in [-0.25, -0.2) is 18.1 Å². The molecule has 1 unspecified atom stereocenters. The Bertz CT molecular complexity index is 488. The summed E-state index contributed by atoms with van der Waals surface area (Å²) in [6.45, 7) is 8.07. The number of rotatable bonds is 9. The first-order valence-electron chi connectivity index (χ1n) is 6.75. The normalized spacial score (nSPS) is 13.3. The predicted molar refractivity (Wildman–Crippen MR) is 77.9 cm³/mol. The number of nitrogens with one attached hydrogen (secondary N) is 2. The molecule has 1 aromatic rings. The largest absolute Gasteiger partial charge is 0.380 e. The number of nitrogens with zero attached hydrogens (tertiary/aromatic N) is 1. The molecule has 0 bridgehead atoms. The molecular weight excluding hydrogens is 278 g/mol. The molecule has 0 aliphatic heterocycles. The Balaban J connectivity index is 2.67. The molecule has 0 fully saturated rings. The second kappa shape index (κ2) is 8.31. The second-order valence-corrected chi connectivity index (χ2v) is 6.13. The maximum absolute atomic E-state index is 12.1. The van der Waals surface area contributed by atoms with Crippen LogP contribution in [0.15, 0.2) is 23.4 Å². The number of pyridine rings is 1. The third kappa shape index (κ3) is 5.54. The quantitative estimate of drug-likeness (QED) is 0.708. The van der Waals surface area contributed by atoms with E-state index in [2.05, 4.69) is 15.0 Å². The molecule has 114 valence electrons. The average Bonchev–Trinajstić information content (AvgIpc) is 2.43. The first-order chi connectivity index (χ1) is 9.49. The Morgan fingerprint density at radius 1 is 1.35 bits per heavy atom. The van der Waals surface area contributed by atoms with Crippen LogP contribution in [0.2, 0.25) is 0 Å². The zero-order chi connectivity index (χ0) is 15.0. The van der Waals surface area contributed by atoms with Gasteiger partial charge in [-0.2, -0.15) is 0 Å². The van der Waals surface area contributed by atoms with Crippen molar-refractivity contribution in [2.24, 2.45) is 0 Å². The zero-order valence-electron chi connectivity index (χ0n) is 12.2. The highest BCUT2D eigenvalue weighted by molar-refractivity contribution is 7.89. The van der Waals surface area contributed by atoms with E-state index in [-0.39, 0.29) is 11.1 Å². The van der Waals surface area contributed by atoms with Gasteiger partial charge in [-0.15, -0.1) is 0 Å². The van der Waals surface area contributed by atoms with E-state index < -0.39 is 10.0 Å². The third-order valence-corrected chi connectivity index (χ3v) is 4.09. The van der Waals surface area contributed by atoms with Gasteiger partial charge in [0.1, 0.15) is 0 Å². The van der Waals surface area contributed by atoms with Crippen molar-refractivity contribution in [3.05, 3.63) is 23.9 Å². The van der Waals surface area contributed by atoms with Crippen molar-refractivity contribution >= 4 is 10.0 Å². The Labute approximate surface area is 121 Å². The minimum atomic E-state index is -3.59. The van der Waals surface area contributed by atoms with Crippen LogP contribution >= 0.6 is 0 Å². The Kier molecular flexibility index (Phi) is 7.08. The van der Waals surface area contributed by atoms with Gasteiger partial charge in [-0.05, 0) is 32.0 Å². The van der Waals surface area contributed by atoms with Crippen molar-refractivity contribution in [3.63, 3.8) is 0 Å². The molecule has 20 heavy (non-hydrogen) atoms. The van der Waals surface area contributed by atoms with Crippen molar-refractivity contribution < 1.29 is 13.2 Å². The Hall–Kier alpha value is -1.02. The number of aromatic nitrogens is 1. The van der Waals surface area contributed by atoms with E-state index in [0.29, 0.717) is 19.8 Å². The zero-order valence-corrected chi connectivity index (χ0v) is 13.0. The summed E-state index contributed by atoms with van der Waals surface area (Å²) in [6, 6.07) is 2.99. The van der Waals surface area contributed by atoms with Crippen LogP contribution in [-0.2, 0) is 21.3 Å². The minimum Gasteiger partial charge on any atom is -0.380 e. The standard InChI is InChI=1S/C13H23N3O3S/c1-4-14-8-12-6-7-13(15-9-12)20(17,18)16-11(3)10-19-5-2/h6-7,9,11,14,16H,4-5,8,10H2,1-3H3. The number of sulfonamides is 1. The van der Waals surface area contributed by atoms with Gasteiger partial charge in [0, 0.05) is 25.4 Å². The molecule has 0 aliphatic rings. The maximum atomic E-state index is 12.1. The van der Waals surface area contributed by atoms with Gasteiger partial charge in [-0.1, -0.05) is 13.0 Å².